The number of halogens is 1. The second kappa shape index (κ2) is 7.83. The molecule has 4 aromatic rings. The first kappa shape index (κ1) is 21.6. The highest BCUT2D eigenvalue weighted by atomic mass is 19.1. The largest absolute Gasteiger partial charge is 0.515 e. The number of fused-ring (bicyclic) bond motifs is 4. The number of rotatable bonds is 2. The summed E-state index contributed by atoms with van der Waals surface area (Å²) in [7, 11) is 0. The van der Waals surface area contributed by atoms with E-state index in [1.807, 2.05) is 32.0 Å². The summed E-state index contributed by atoms with van der Waals surface area (Å²) in [5.74, 6) is -0.0821. The number of aromatic amines is 1. The lowest BCUT2D eigenvalue weighted by Crippen LogP contribution is -2.51. The monoisotopic (exact) mass is 468 g/mol. The van der Waals surface area contributed by atoms with Gasteiger partial charge >= 0.3 is 0 Å². The van der Waals surface area contributed by atoms with Crippen molar-refractivity contribution in [3.63, 3.8) is 0 Å². The maximum absolute atomic E-state index is 14.0. The van der Waals surface area contributed by atoms with Gasteiger partial charge in [-0.25, -0.2) is 14.4 Å². The zero-order valence-electron chi connectivity index (χ0n) is 19.5. The fourth-order valence-electron chi connectivity index (χ4n) is 6.38. The smallest absolute Gasteiger partial charge is 0.165 e. The summed E-state index contributed by atoms with van der Waals surface area (Å²) in [5.41, 5.74) is 5.18. The van der Waals surface area contributed by atoms with E-state index in [0.717, 1.165) is 58.1 Å². The molecule has 2 N–H and O–H groups in total. The van der Waals surface area contributed by atoms with Crippen molar-refractivity contribution in [3.8, 4) is 11.3 Å². The number of para-hydroxylation sites is 1. The highest BCUT2D eigenvalue weighted by Gasteiger charge is 2.55. The highest BCUT2D eigenvalue weighted by molar-refractivity contribution is 5.99. The molecular weight excluding hydrogens is 443 g/mol. The normalized spacial score (nSPS) is 25.0. The van der Waals surface area contributed by atoms with E-state index >= 15 is 0 Å². The van der Waals surface area contributed by atoms with Crippen LogP contribution in [0.4, 0.5) is 4.39 Å². The first-order valence-electron chi connectivity index (χ1n) is 11.9. The molecule has 0 radical (unpaired) electrons. The van der Waals surface area contributed by atoms with E-state index < -0.39 is 5.41 Å². The molecule has 6 nitrogen and oxygen atoms in total. The van der Waals surface area contributed by atoms with Crippen LogP contribution in [0.5, 0.6) is 0 Å². The van der Waals surface area contributed by atoms with Crippen LogP contribution in [-0.4, -0.2) is 31.1 Å². The summed E-state index contributed by atoms with van der Waals surface area (Å²) < 4.78 is 14.0. The first-order chi connectivity index (χ1) is 16.9. The molecule has 176 valence electrons. The van der Waals surface area contributed by atoms with Gasteiger partial charge in [0.25, 0.3) is 0 Å². The molecule has 0 amide bonds. The van der Waals surface area contributed by atoms with E-state index in [9.17, 15) is 14.3 Å². The summed E-state index contributed by atoms with van der Waals surface area (Å²) in [6.45, 7) is 3.80. The van der Waals surface area contributed by atoms with Crippen LogP contribution in [0.2, 0.25) is 0 Å². The summed E-state index contributed by atoms with van der Waals surface area (Å²) >= 11 is 0. The van der Waals surface area contributed by atoms with Crippen LogP contribution in [0, 0.1) is 24.6 Å². The Morgan fingerprint density at radius 1 is 1.17 bits per heavy atom. The van der Waals surface area contributed by atoms with Crippen molar-refractivity contribution in [1.29, 1.82) is 0 Å². The van der Waals surface area contributed by atoms with Crippen molar-refractivity contribution < 1.29 is 14.3 Å². The molecule has 2 heterocycles. The summed E-state index contributed by atoms with van der Waals surface area (Å²) in [6.07, 6.45) is 4.52. The molecule has 2 aromatic carbocycles. The van der Waals surface area contributed by atoms with Gasteiger partial charge in [0.2, 0.25) is 0 Å². The Balaban J connectivity index is 1.68. The molecular formula is C28H25FN4O2. The fourth-order valence-corrected chi connectivity index (χ4v) is 6.38. The van der Waals surface area contributed by atoms with Crippen LogP contribution in [0.3, 0.4) is 0 Å². The molecule has 0 aliphatic heterocycles. The van der Waals surface area contributed by atoms with Gasteiger partial charge in [-0.2, -0.15) is 5.10 Å². The van der Waals surface area contributed by atoms with Crippen molar-refractivity contribution in [2.45, 2.75) is 38.5 Å². The molecule has 0 unspecified atom stereocenters. The second-order valence-electron chi connectivity index (χ2n) is 9.69. The van der Waals surface area contributed by atoms with Gasteiger partial charge in [-0.15, -0.1) is 0 Å². The van der Waals surface area contributed by atoms with E-state index in [4.69, 9.17) is 9.97 Å². The quantitative estimate of drug-likeness (QED) is 0.305. The number of nitrogens with one attached hydrogen (secondary N) is 1. The van der Waals surface area contributed by atoms with Crippen LogP contribution in [0.15, 0.2) is 60.5 Å². The third kappa shape index (κ3) is 3.07. The van der Waals surface area contributed by atoms with Crippen LogP contribution in [0.25, 0.3) is 22.2 Å². The molecule has 1 saturated carbocycles. The SMILES string of the molecule is Cc1nc(-c2cccc3cn[nH]c23)c2c(n1)[C@@]1(c3ccc(F)cc3)C/C(=C/O)C(=O)[C@@H](C)[C@@H]1CC2. The number of carbonyl (C=O) groups excluding carboxylic acids is 1. The van der Waals surface area contributed by atoms with Gasteiger partial charge in [-0.3, -0.25) is 9.89 Å². The molecule has 3 atom stereocenters. The van der Waals surface area contributed by atoms with Gasteiger partial charge in [0.05, 0.1) is 29.4 Å². The number of aryl methyl sites for hydroxylation is 1. The van der Waals surface area contributed by atoms with Gasteiger partial charge < -0.3 is 5.11 Å². The van der Waals surface area contributed by atoms with Gasteiger partial charge in [-0.1, -0.05) is 37.3 Å². The Kier molecular flexibility index (Phi) is 4.85. The fraction of sp³-hybridized carbons (Fsp3) is 0.286. The average molecular weight is 469 g/mol. The predicted octanol–water partition coefficient (Wildman–Crippen LogP) is 5.37. The number of nitrogens with zero attached hydrogens (tertiary/aromatic N) is 3. The lowest BCUT2D eigenvalue weighted by atomic mass is 9.52. The summed E-state index contributed by atoms with van der Waals surface area (Å²) in [4.78, 5) is 23.0. The Bertz CT molecular complexity index is 1510. The van der Waals surface area contributed by atoms with Crippen LogP contribution < -0.4 is 0 Å². The summed E-state index contributed by atoms with van der Waals surface area (Å²) in [5, 5.41) is 18.3. The molecule has 0 saturated heterocycles. The average Bonchev–Trinajstić information content (AvgIpc) is 3.35. The molecule has 0 spiro atoms. The minimum Gasteiger partial charge on any atom is -0.515 e. The van der Waals surface area contributed by atoms with Gasteiger partial charge in [0.1, 0.15) is 11.6 Å². The third-order valence-electron chi connectivity index (χ3n) is 7.93. The van der Waals surface area contributed by atoms with Crippen molar-refractivity contribution in [2.75, 3.05) is 0 Å². The van der Waals surface area contributed by atoms with Crippen molar-refractivity contribution in [2.24, 2.45) is 11.8 Å². The Morgan fingerprint density at radius 3 is 2.74 bits per heavy atom. The topological polar surface area (TPSA) is 91.8 Å². The number of ketones is 1. The minimum atomic E-state index is -0.687. The number of hydrogen-bond donors (Lipinski definition) is 2. The van der Waals surface area contributed by atoms with Crippen LogP contribution in [-0.2, 0) is 16.6 Å². The van der Waals surface area contributed by atoms with Gasteiger partial charge in [0.15, 0.2) is 5.78 Å². The first-order valence-corrected chi connectivity index (χ1v) is 11.9. The molecule has 35 heavy (non-hydrogen) atoms. The molecule has 2 aliphatic carbocycles. The minimum absolute atomic E-state index is 0.0353. The number of aromatic nitrogens is 4. The molecule has 1 fully saturated rings. The lowest BCUT2D eigenvalue weighted by Gasteiger charge is -2.51. The molecule has 2 aliphatic rings. The van der Waals surface area contributed by atoms with E-state index in [2.05, 4.69) is 10.2 Å². The maximum atomic E-state index is 14.0. The number of benzene rings is 2. The van der Waals surface area contributed by atoms with Crippen molar-refractivity contribution in [1.82, 2.24) is 20.2 Å². The number of carbonyl (C=O) groups is 1. The predicted molar refractivity (Wildman–Crippen MR) is 130 cm³/mol. The Labute approximate surface area is 201 Å². The number of aliphatic hydroxyl groups is 1. The summed E-state index contributed by atoms with van der Waals surface area (Å²) in [6, 6.07) is 12.5. The van der Waals surface area contributed by atoms with E-state index in [0.29, 0.717) is 17.8 Å². The third-order valence-corrected chi connectivity index (χ3v) is 7.93. The molecule has 2 aromatic heterocycles. The number of aliphatic hydroxyl groups excluding tert-OH is 1. The zero-order chi connectivity index (χ0) is 24.3. The van der Waals surface area contributed by atoms with Crippen LogP contribution >= 0.6 is 0 Å². The van der Waals surface area contributed by atoms with E-state index in [1.54, 1.807) is 18.3 Å². The standard InChI is InChI=1S/C28H25FN4O2/c1-15-23-11-10-22-25(21-5-3-4-17-13-30-33-24(17)21)31-16(2)32-27(22)28(23,12-18(14-34)26(15)35)19-6-8-20(29)9-7-19/h3-9,13-15,23,34H,10-12H2,1-2H3,(H,30,33)/b18-14-/t15-,23-,28+/m0/s1. The molecule has 7 heteroatoms. The number of Topliss-reactive ketones (excluding diaryl/α,β-unsaturated/α-hetero) is 1. The zero-order valence-corrected chi connectivity index (χ0v) is 19.5. The van der Waals surface area contributed by atoms with Gasteiger partial charge in [-0.05, 0) is 49.8 Å². The number of H-pyrrole nitrogens is 1. The number of hydrogen-bond acceptors (Lipinski definition) is 5. The maximum Gasteiger partial charge on any atom is 0.165 e. The lowest BCUT2D eigenvalue weighted by molar-refractivity contribution is -0.123. The van der Waals surface area contributed by atoms with Crippen molar-refractivity contribution in [3.05, 3.63) is 89.0 Å². The number of allylic oxidation sites excluding steroid dienone is 1. The van der Waals surface area contributed by atoms with Gasteiger partial charge in [0, 0.05) is 33.4 Å². The highest BCUT2D eigenvalue weighted by Crippen LogP contribution is 2.56. The molecule has 0 bridgehead atoms. The second-order valence-corrected chi connectivity index (χ2v) is 9.69. The Hall–Kier alpha value is -3.87. The van der Waals surface area contributed by atoms with E-state index in [1.165, 1.54) is 12.1 Å². The Morgan fingerprint density at radius 2 is 1.97 bits per heavy atom. The van der Waals surface area contributed by atoms with Crippen LogP contribution in [0.1, 0.15) is 42.4 Å². The van der Waals surface area contributed by atoms with Crippen molar-refractivity contribution >= 4 is 16.7 Å². The molecule has 6 rings (SSSR count). The van der Waals surface area contributed by atoms with E-state index in [-0.39, 0.29) is 23.4 Å².